The lowest BCUT2D eigenvalue weighted by molar-refractivity contribution is -0.151. The molecule has 30 heavy (non-hydrogen) atoms. The molecule has 0 saturated heterocycles. The smallest absolute Gasteiger partial charge is 0.329 e. The number of ether oxygens (including phenoxy) is 1. The molecule has 1 saturated carbocycles. The molecule has 2 amide bonds. The molecule has 1 aliphatic rings. The Labute approximate surface area is 180 Å². The van der Waals surface area contributed by atoms with Crippen molar-refractivity contribution in [2.75, 3.05) is 0 Å². The van der Waals surface area contributed by atoms with Crippen LogP contribution in [-0.2, 0) is 25.5 Å². The van der Waals surface area contributed by atoms with Gasteiger partial charge in [0, 0.05) is 12.3 Å². The van der Waals surface area contributed by atoms with Gasteiger partial charge in [-0.15, -0.1) is 0 Å². The number of amides is 2. The van der Waals surface area contributed by atoms with Crippen molar-refractivity contribution in [1.82, 2.24) is 10.6 Å². The lowest BCUT2D eigenvalue weighted by Gasteiger charge is -2.28. The minimum Gasteiger partial charge on any atom is -0.461 e. The third-order valence-electron chi connectivity index (χ3n) is 5.46. The van der Waals surface area contributed by atoms with Crippen LogP contribution in [0.25, 0.3) is 0 Å². The van der Waals surface area contributed by atoms with Crippen LogP contribution in [0.1, 0.15) is 65.4 Å². The predicted octanol–water partition coefficient (Wildman–Crippen LogP) is 3.39. The molecule has 1 fully saturated rings. The van der Waals surface area contributed by atoms with Crippen LogP contribution in [0.15, 0.2) is 30.3 Å². The predicted molar refractivity (Wildman–Crippen MR) is 117 cm³/mol. The van der Waals surface area contributed by atoms with Crippen molar-refractivity contribution < 1.29 is 19.1 Å². The Kier molecular flexibility index (Phi) is 9.34. The van der Waals surface area contributed by atoms with Gasteiger partial charge in [-0.25, -0.2) is 4.79 Å². The van der Waals surface area contributed by atoms with E-state index >= 15 is 0 Å². The Hall–Kier alpha value is -2.37. The van der Waals surface area contributed by atoms with E-state index in [4.69, 9.17) is 4.74 Å². The van der Waals surface area contributed by atoms with E-state index in [0.717, 1.165) is 37.7 Å². The van der Waals surface area contributed by atoms with E-state index < -0.39 is 18.1 Å². The van der Waals surface area contributed by atoms with Gasteiger partial charge in [-0.1, -0.05) is 63.4 Å². The topological polar surface area (TPSA) is 84.5 Å². The standard InChI is InChI=1S/C24H36N2O4/c1-16(2)21(26-22(27)19-13-9-6-10-14-19)23(28)25-20(24(29)30-17(3)4)15-18-11-7-5-8-12-18/h5,7-8,11-12,16-17,19-21H,6,9-10,13-15H2,1-4H3,(H,25,28)(H,26,27)/t20-,21-/m1/s1. The van der Waals surface area contributed by atoms with E-state index in [1.165, 1.54) is 0 Å². The summed E-state index contributed by atoms with van der Waals surface area (Å²) < 4.78 is 5.36. The van der Waals surface area contributed by atoms with Crippen LogP contribution in [0.4, 0.5) is 0 Å². The fraction of sp³-hybridized carbons (Fsp3) is 0.625. The summed E-state index contributed by atoms with van der Waals surface area (Å²) in [7, 11) is 0. The number of hydrogen-bond donors (Lipinski definition) is 2. The number of hydrogen-bond acceptors (Lipinski definition) is 4. The molecule has 0 heterocycles. The highest BCUT2D eigenvalue weighted by molar-refractivity contribution is 5.91. The fourth-order valence-corrected chi connectivity index (χ4v) is 3.79. The first-order valence-electron chi connectivity index (χ1n) is 11.1. The Morgan fingerprint density at radius 3 is 2.17 bits per heavy atom. The van der Waals surface area contributed by atoms with Crippen LogP contribution in [0, 0.1) is 11.8 Å². The second-order valence-corrected chi connectivity index (χ2v) is 8.80. The molecule has 0 aromatic heterocycles. The maximum Gasteiger partial charge on any atom is 0.329 e. The Morgan fingerprint density at radius 1 is 0.967 bits per heavy atom. The van der Waals surface area contributed by atoms with E-state index in [1.807, 2.05) is 44.2 Å². The molecule has 2 atom stereocenters. The van der Waals surface area contributed by atoms with Crippen LogP contribution in [0.5, 0.6) is 0 Å². The van der Waals surface area contributed by atoms with Crippen molar-refractivity contribution in [2.24, 2.45) is 11.8 Å². The van der Waals surface area contributed by atoms with Crippen LogP contribution in [-0.4, -0.2) is 36.0 Å². The molecule has 6 nitrogen and oxygen atoms in total. The van der Waals surface area contributed by atoms with E-state index in [2.05, 4.69) is 10.6 Å². The van der Waals surface area contributed by atoms with E-state index in [-0.39, 0.29) is 29.8 Å². The quantitative estimate of drug-likeness (QED) is 0.605. The molecule has 2 N–H and O–H groups in total. The van der Waals surface area contributed by atoms with Crippen LogP contribution < -0.4 is 10.6 Å². The molecule has 1 aromatic rings. The third-order valence-corrected chi connectivity index (χ3v) is 5.46. The minimum atomic E-state index is -0.810. The molecule has 6 heteroatoms. The van der Waals surface area contributed by atoms with Crippen molar-refractivity contribution in [2.45, 2.75) is 84.4 Å². The number of nitrogens with one attached hydrogen (secondary N) is 2. The summed E-state index contributed by atoms with van der Waals surface area (Å²) in [5, 5.41) is 5.76. The van der Waals surface area contributed by atoms with Crippen molar-refractivity contribution in [3.05, 3.63) is 35.9 Å². The number of carbonyl (C=O) groups is 3. The van der Waals surface area contributed by atoms with Crippen molar-refractivity contribution in [3.8, 4) is 0 Å². The van der Waals surface area contributed by atoms with Gasteiger partial charge < -0.3 is 15.4 Å². The van der Waals surface area contributed by atoms with Crippen molar-refractivity contribution in [3.63, 3.8) is 0 Å². The van der Waals surface area contributed by atoms with Gasteiger partial charge in [-0.2, -0.15) is 0 Å². The summed E-state index contributed by atoms with van der Waals surface area (Å²) >= 11 is 0. The van der Waals surface area contributed by atoms with Gasteiger partial charge in [-0.05, 0) is 38.2 Å². The molecule has 0 radical (unpaired) electrons. The largest absolute Gasteiger partial charge is 0.461 e. The lowest BCUT2D eigenvalue weighted by Crippen LogP contribution is -2.55. The number of rotatable bonds is 9. The van der Waals surface area contributed by atoms with Gasteiger partial charge in [0.1, 0.15) is 12.1 Å². The summed E-state index contributed by atoms with van der Waals surface area (Å²) in [5.74, 6) is -1.01. The number of carbonyl (C=O) groups excluding carboxylic acids is 3. The zero-order valence-corrected chi connectivity index (χ0v) is 18.6. The Bertz CT molecular complexity index is 696. The highest BCUT2D eigenvalue weighted by Crippen LogP contribution is 2.24. The van der Waals surface area contributed by atoms with E-state index in [9.17, 15) is 14.4 Å². The molecular formula is C24H36N2O4. The molecular weight excluding hydrogens is 380 g/mol. The maximum atomic E-state index is 13.1. The first kappa shape index (κ1) is 23.9. The molecule has 1 aliphatic carbocycles. The number of benzene rings is 1. The van der Waals surface area contributed by atoms with Crippen LogP contribution in [0.3, 0.4) is 0 Å². The first-order chi connectivity index (χ1) is 14.3. The second kappa shape index (κ2) is 11.7. The van der Waals surface area contributed by atoms with Gasteiger partial charge in [0.25, 0.3) is 0 Å². The molecule has 0 unspecified atom stereocenters. The van der Waals surface area contributed by atoms with Crippen molar-refractivity contribution >= 4 is 17.8 Å². The van der Waals surface area contributed by atoms with Gasteiger partial charge in [0.15, 0.2) is 0 Å². The summed E-state index contributed by atoms with van der Waals surface area (Å²) in [5.41, 5.74) is 0.927. The van der Waals surface area contributed by atoms with Crippen LogP contribution >= 0.6 is 0 Å². The summed E-state index contributed by atoms with van der Waals surface area (Å²) in [6, 6.07) is 8.00. The molecule has 0 aliphatic heterocycles. The maximum absolute atomic E-state index is 13.1. The van der Waals surface area contributed by atoms with Gasteiger partial charge in [-0.3, -0.25) is 9.59 Å². The Balaban J connectivity index is 2.08. The normalized spacial score (nSPS) is 16.7. The Morgan fingerprint density at radius 2 is 1.60 bits per heavy atom. The minimum absolute atomic E-state index is 0.0289. The van der Waals surface area contributed by atoms with Gasteiger partial charge in [0.05, 0.1) is 6.10 Å². The van der Waals surface area contributed by atoms with E-state index in [1.54, 1.807) is 13.8 Å². The molecule has 1 aromatic carbocycles. The lowest BCUT2D eigenvalue weighted by atomic mass is 9.88. The van der Waals surface area contributed by atoms with Crippen LogP contribution in [0.2, 0.25) is 0 Å². The average molecular weight is 417 g/mol. The highest BCUT2D eigenvalue weighted by atomic mass is 16.5. The van der Waals surface area contributed by atoms with Crippen molar-refractivity contribution in [1.29, 1.82) is 0 Å². The highest BCUT2D eigenvalue weighted by Gasteiger charge is 2.32. The summed E-state index contributed by atoms with van der Waals surface area (Å²) in [4.78, 5) is 38.4. The summed E-state index contributed by atoms with van der Waals surface area (Å²) in [6.07, 6.45) is 5.06. The SMILES string of the molecule is CC(C)OC(=O)[C@@H](Cc1ccccc1)NC(=O)[C@H](NC(=O)C1CCCCC1)C(C)C. The van der Waals surface area contributed by atoms with E-state index in [0.29, 0.717) is 6.42 Å². The zero-order valence-electron chi connectivity index (χ0n) is 18.6. The molecule has 166 valence electrons. The second-order valence-electron chi connectivity index (χ2n) is 8.80. The summed E-state index contributed by atoms with van der Waals surface area (Å²) in [6.45, 7) is 7.34. The molecule has 0 bridgehead atoms. The van der Waals surface area contributed by atoms with Gasteiger partial charge in [0.2, 0.25) is 11.8 Å². The molecule has 2 rings (SSSR count). The average Bonchev–Trinajstić information content (AvgIpc) is 2.71. The fourth-order valence-electron chi connectivity index (χ4n) is 3.79. The third kappa shape index (κ3) is 7.47. The van der Waals surface area contributed by atoms with Gasteiger partial charge >= 0.3 is 5.97 Å². The zero-order chi connectivity index (χ0) is 22.1. The molecule has 0 spiro atoms. The monoisotopic (exact) mass is 416 g/mol. The first-order valence-corrected chi connectivity index (χ1v) is 11.1. The number of esters is 1.